The molecule has 5 rings (SSSR count). The zero-order chi connectivity index (χ0) is 23.7. The van der Waals surface area contributed by atoms with E-state index in [1.807, 2.05) is 36.4 Å². The molecule has 9 heteroatoms. The molecule has 1 atom stereocenters. The molecule has 0 saturated heterocycles. The first-order chi connectivity index (χ1) is 16.5. The van der Waals surface area contributed by atoms with Gasteiger partial charge in [-0.05, 0) is 37.0 Å². The first-order valence-electron chi connectivity index (χ1n) is 11.4. The molecule has 0 spiro atoms. The molecule has 9 nitrogen and oxygen atoms in total. The molecule has 0 radical (unpaired) electrons. The molecular weight excluding hydrogens is 432 g/mol. The van der Waals surface area contributed by atoms with Crippen LogP contribution in [0.1, 0.15) is 51.9 Å². The fourth-order valence-corrected chi connectivity index (χ4v) is 4.46. The van der Waals surface area contributed by atoms with Crippen LogP contribution in [0.15, 0.2) is 61.2 Å². The van der Waals surface area contributed by atoms with E-state index in [2.05, 4.69) is 20.6 Å². The monoisotopic (exact) mass is 458 g/mol. The lowest BCUT2D eigenvalue weighted by atomic mass is 9.93. The minimum Gasteiger partial charge on any atom is -0.350 e. The fourth-order valence-electron chi connectivity index (χ4n) is 4.46. The average Bonchev–Trinajstić information content (AvgIpc) is 3.60. The second-order valence-corrected chi connectivity index (χ2v) is 8.96. The van der Waals surface area contributed by atoms with Gasteiger partial charge in [-0.1, -0.05) is 36.4 Å². The highest BCUT2D eigenvalue weighted by molar-refractivity contribution is 6.07. The van der Waals surface area contributed by atoms with E-state index >= 15 is 0 Å². The highest BCUT2D eigenvalue weighted by atomic mass is 16.2. The summed E-state index contributed by atoms with van der Waals surface area (Å²) in [5, 5.41) is 5.80. The summed E-state index contributed by atoms with van der Waals surface area (Å²) in [5.41, 5.74) is 1.05. The average molecular weight is 459 g/mol. The molecule has 2 N–H and O–H groups in total. The molecule has 0 bridgehead atoms. The van der Waals surface area contributed by atoms with E-state index in [4.69, 9.17) is 0 Å². The largest absolute Gasteiger partial charge is 0.350 e. The van der Waals surface area contributed by atoms with E-state index in [1.165, 1.54) is 6.33 Å². The Morgan fingerprint density at radius 1 is 1.06 bits per heavy atom. The number of fused-ring (bicyclic) bond motifs is 1. The number of hydrogen-bond donors (Lipinski definition) is 2. The fraction of sp³-hybridized carbons (Fsp3) is 0.320. The lowest BCUT2D eigenvalue weighted by Gasteiger charge is -2.44. The number of carbonyl (C=O) groups is 3. The Morgan fingerprint density at radius 3 is 2.50 bits per heavy atom. The Labute approximate surface area is 197 Å². The number of carbonyl (C=O) groups excluding carboxylic acids is 3. The van der Waals surface area contributed by atoms with Crippen LogP contribution in [-0.4, -0.2) is 48.7 Å². The Kier molecular flexibility index (Phi) is 5.61. The summed E-state index contributed by atoms with van der Waals surface area (Å²) in [6.45, 7) is 2.67. The molecule has 2 aromatic heterocycles. The molecule has 1 saturated carbocycles. The number of imidazole rings is 1. The van der Waals surface area contributed by atoms with E-state index in [1.54, 1.807) is 34.9 Å². The molecule has 3 heterocycles. The van der Waals surface area contributed by atoms with Gasteiger partial charge in [-0.25, -0.2) is 4.98 Å². The van der Waals surface area contributed by atoms with Gasteiger partial charge in [0, 0.05) is 31.5 Å². The first kappa shape index (κ1) is 21.8. The summed E-state index contributed by atoms with van der Waals surface area (Å²) in [5.74, 6) is -0.993. The maximum absolute atomic E-state index is 13.6. The third kappa shape index (κ3) is 4.05. The first-order valence-corrected chi connectivity index (χ1v) is 11.4. The van der Waals surface area contributed by atoms with Crippen molar-refractivity contribution in [1.82, 2.24) is 30.1 Å². The van der Waals surface area contributed by atoms with Gasteiger partial charge in [-0.2, -0.15) is 0 Å². The Bertz CT molecular complexity index is 1220. The molecule has 3 amide bonds. The Hall–Kier alpha value is -4.01. The standard InChI is InChI=1S/C25H26N6O3/c1-25(24(34)28-13-17-6-3-2-4-7-17)15-30-16-29-20(21(30)23(33)31(25)19-9-10-19)22(32)27-14-18-8-5-11-26-12-18/h2-8,11-12,16,19H,9-10,13-15H2,1H3,(H,27,32)(H,28,34). The number of benzene rings is 1. The van der Waals surface area contributed by atoms with Crippen LogP contribution in [0, 0.1) is 0 Å². The molecule has 1 aliphatic carbocycles. The predicted molar refractivity (Wildman–Crippen MR) is 124 cm³/mol. The summed E-state index contributed by atoms with van der Waals surface area (Å²) < 4.78 is 1.63. The zero-order valence-corrected chi connectivity index (χ0v) is 18.9. The number of aromatic nitrogens is 3. The lowest BCUT2D eigenvalue weighted by molar-refractivity contribution is -0.133. The second kappa shape index (κ2) is 8.74. The minimum atomic E-state index is -1.08. The smallest absolute Gasteiger partial charge is 0.274 e. The van der Waals surface area contributed by atoms with Crippen molar-refractivity contribution in [3.63, 3.8) is 0 Å². The van der Waals surface area contributed by atoms with Gasteiger partial charge in [0.05, 0.1) is 12.9 Å². The summed E-state index contributed by atoms with van der Waals surface area (Å²) in [4.78, 5) is 49.8. The van der Waals surface area contributed by atoms with E-state index < -0.39 is 11.4 Å². The summed E-state index contributed by atoms with van der Waals surface area (Å²) >= 11 is 0. The molecule has 1 aromatic carbocycles. The van der Waals surface area contributed by atoms with Crippen LogP contribution < -0.4 is 10.6 Å². The van der Waals surface area contributed by atoms with Gasteiger partial charge in [0.25, 0.3) is 11.8 Å². The zero-order valence-electron chi connectivity index (χ0n) is 18.9. The Morgan fingerprint density at radius 2 is 1.79 bits per heavy atom. The molecule has 34 heavy (non-hydrogen) atoms. The SMILES string of the molecule is CC1(C(=O)NCc2ccccc2)Cn2cnc(C(=O)NCc3cccnc3)c2C(=O)N1C1CC1. The quantitative estimate of drug-likeness (QED) is 0.562. The minimum absolute atomic E-state index is 0.0186. The third-order valence-corrected chi connectivity index (χ3v) is 6.36. The number of hydrogen-bond acceptors (Lipinski definition) is 5. The molecule has 1 unspecified atom stereocenters. The number of rotatable bonds is 7. The predicted octanol–water partition coefficient (Wildman–Crippen LogP) is 1.90. The molecular formula is C25H26N6O3. The van der Waals surface area contributed by atoms with Gasteiger partial charge < -0.3 is 20.1 Å². The number of pyridine rings is 1. The summed E-state index contributed by atoms with van der Waals surface area (Å²) in [7, 11) is 0. The maximum Gasteiger partial charge on any atom is 0.274 e. The van der Waals surface area contributed by atoms with Gasteiger partial charge in [0.15, 0.2) is 5.69 Å². The van der Waals surface area contributed by atoms with Crippen molar-refractivity contribution in [1.29, 1.82) is 0 Å². The van der Waals surface area contributed by atoms with Crippen LogP contribution in [0.5, 0.6) is 0 Å². The number of nitrogens with one attached hydrogen (secondary N) is 2. The van der Waals surface area contributed by atoms with Crippen molar-refractivity contribution in [2.75, 3.05) is 0 Å². The van der Waals surface area contributed by atoms with E-state index in [-0.39, 0.29) is 42.3 Å². The molecule has 1 fully saturated rings. The van der Waals surface area contributed by atoms with Gasteiger partial charge >= 0.3 is 0 Å². The van der Waals surface area contributed by atoms with Crippen LogP contribution in [0.4, 0.5) is 0 Å². The van der Waals surface area contributed by atoms with Gasteiger partial charge in [0.2, 0.25) is 5.91 Å². The van der Waals surface area contributed by atoms with E-state index in [9.17, 15) is 14.4 Å². The summed E-state index contributed by atoms with van der Waals surface area (Å²) in [6.07, 6.45) is 6.48. The Balaban J connectivity index is 1.37. The topological polar surface area (TPSA) is 109 Å². The van der Waals surface area contributed by atoms with Crippen molar-refractivity contribution in [2.24, 2.45) is 0 Å². The van der Waals surface area contributed by atoms with Crippen molar-refractivity contribution in [3.05, 3.63) is 83.7 Å². The third-order valence-electron chi connectivity index (χ3n) is 6.36. The van der Waals surface area contributed by atoms with Gasteiger partial charge in [0.1, 0.15) is 11.2 Å². The van der Waals surface area contributed by atoms with Crippen LogP contribution in [-0.2, 0) is 24.4 Å². The van der Waals surface area contributed by atoms with Crippen molar-refractivity contribution in [2.45, 2.75) is 51.0 Å². The highest BCUT2D eigenvalue weighted by Crippen LogP contribution is 2.38. The van der Waals surface area contributed by atoms with E-state index in [0.717, 1.165) is 24.0 Å². The second-order valence-electron chi connectivity index (χ2n) is 8.96. The van der Waals surface area contributed by atoms with Crippen molar-refractivity contribution < 1.29 is 14.4 Å². The van der Waals surface area contributed by atoms with Gasteiger partial charge in [-0.15, -0.1) is 0 Å². The van der Waals surface area contributed by atoms with Crippen LogP contribution in [0.3, 0.4) is 0 Å². The lowest BCUT2D eigenvalue weighted by Crippen LogP contribution is -2.64. The van der Waals surface area contributed by atoms with Crippen molar-refractivity contribution >= 4 is 17.7 Å². The van der Waals surface area contributed by atoms with Crippen LogP contribution in [0.2, 0.25) is 0 Å². The van der Waals surface area contributed by atoms with Gasteiger partial charge in [-0.3, -0.25) is 19.4 Å². The summed E-state index contributed by atoms with van der Waals surface area (Å²) in [6, 6.07) is 13.3. The number of nitrogens with zero attached hydrogens (tertiary/aromatic N) is 4. The van der Waals surface area contributed by atoms with E-state index in [0.29, 0.717) is 6.54 Å². The maximum atomic E-state index is 13.6. The van der Waals surface area contributed by atoms with Crippen LogP contribution in [0.25, 0.3) is 0 Å². The normalized spacial score (nSPS) is 19.4. The molecule has 2 aliphatic rings. The highest BCUT2D eigenvalue weighted by Gasteiger charge is 2.53. The van der Waals surface area contributed by atoms with Crippen molar-refractivity contribution in [3.8, 4) is 0 Å². The number of amides is 3. The van der Waals surface area contributed by atoms with Crippen LogP contribution >= 0.6 is 0 Å². The molecule has 1 aliphatic heterocycles. The molecule has 174 valence electrons. The molecule has 3 aromatic rings.